The molecule has 0 atom stereocenters. The monoisotopic (exact) mass is 235 g/mol. The normalized spacial score (nSPS) is 14.5. The van der Waals surface area contributed by atoms with E-state index in [-0.39, 0.29) is 17.9 Å². The molecule has 90 valence electrons. The first kappa shape index (κ1) is 11.4. The van der Waals surface area contributed by atoms with Crippen molar-refractivity contribution < 1.29 is 19.4 Å². The molecule has 5 nitrogen and oxygen atoms in total. The molecule has 0 aliphatic carbocycles. The van der Waals surface area contributed by atoms with E-state index >= 15 is 0 Å². The number of carbonyl (C=O) groups is 2. The number of carbonyl (C=O) groups excluding carboxylic acids is 1. The number of hydrogen-bond donors (Lipinski definition) is 2. The van der Waals surface area contributed by atoms with E-state index in [1.165, 1.54) is 13.2 Å². The van der Waals surface area contributed by atoms with Crippen molar-refractivity contribution in [1.82, 2.24) is 5.32 Å². The summed E-state index contributed by atoms with van der Waals surface area (Å²) in [7, 11) is 1.54. The minimum Gasteiger partial charge on any atom is -0.496 e. The zero-order chi connectivity index (χ0) is 12.4. The van der Waals surface area contributed by atoms with Gasteiger partial charge in [-0.15, -0.1) is 0 Å². The van der Waals surface area contributed by atoms with Gasteiger partial charge >= 0.3 is 5.97 Å². The van der Waals surface area contributed by atoms with Crippen molar-refractivity contribution in [2.24, 2.45) is 0 Å². The van der Waals surface area contributed by atoms with E-state index in [0.29, 0.717) is 24.3 Å². The number of nitrogens with one attached hydrogen (secondary N) is 1. The number of rotatable bonds is 2. The van der Waals surface area contributed by atoms with E-state index < -0.39 is 5.97 Å². The van der Waals surface area contributed by atoms with Gasteiger partial charge in [-0.1, -0.05) is 0 Å². The predicted octanol–water partition coefficient (Wildman–Crippen LogP) is 0.608. The molecule has 0 saturated heterocycles. The largest absolute Gasteiger partial charge is 0.496 e. The third-order valence-corrected chi connectivity index (χ3v) is 2.87. The molecule has 1 aromatic carbocycles. The summed E-state index contributed by atoms with van der Waals surface area (Å²) in [6.07, 6.45) is 0.680. The Labute approximate surface area is 98.4 Å². The van der Waals surface area contributed by atoms with Crippen molar-refractivity contribution in [2.45, 2.75) is 12.8 Å². The Hall–Kier alpha value is -2.04. The van der Waals surface area contributed by atoms with E-state index in [2.05, 4.69) is 5.32 Å². The SMILES string of the molecule is COc1ccc(C(=O)O)c2c1CCNC(=O)C2. The Kier molecular flexibility index (Phi) is 2.99. The predicted molar refractivity (Wildman–Crippen MR) is 60.4 cm³/mol. The molecule has 1 heterocycles. The van der Waals surface area contributed by atoms with Crippen molar-refractivity contribution in [3.05, 3.63) is 28.8 Å². The summed E-state index contributed by atoms with van der Waals surface area (Å²) in [6, 6.07) is 3.12. The van der Waals surface area contributed by atoms with Crippen LogP contribution < -0.4 is 10.1 Å². The van der Waals surface area contributed by atoms with Gasteiger partial charge in [-0.25, -0.2) is 4.79 Å². The van der Waals surface area contributed by atoms with Crippen molar-refractivity contribution >= 4 is 11.9 Å². The van der Waals surface area contributed by atoms with Crippen LogP contribution in [0.2, 0.25) is 0 Å². The molecule has 1 amide bonds. The fourth-order valence-corrected chi connectivity index (χ4v) is 2.09. The highest BCUT2D eigenvalue weighted by Crippen LogP contribution is 2.27. The molecule has 0 unspecified atom stereocenters. The second-order valence-electron chi connectivity index (χ2n) is 3.85. The maximum Gasteiger partial charge on any atom is 0.335 e. The Morgan fingerprint density at radius 1 is 1.41 bits per heavy atom. The summed E-state index contributed by atoms with van der Waals surface area (Å²) in [6.45, 7) is 0.505. The van der Waals surface area contributed by atoms with Crippen LogP contribution in [0.1, 0.15) is 21.5 Å². The van der Waals surface area contributed by atoms with E-state index in [9.17, 15) is 9.59 Å². The Bertz CT molecular complexity index is 482. The van der Waals surface area contributed by atoms with Crippen molar-refractivity contribution in [1.29, 1.82) is 0 Å². The van der Waals surface area contributed by atoms with Gasteiger partial charge in [-0.2, -0.15) is 0 Å². The lowest BCUT2D eigenvalue weighted by molar-refractivity contribution is -0.120. The molecule has 2 N–H and O–H groups in total. The van der Waals surface area contributed by atoms with Crippen LogP contribution in [0, 0.1) is 0 Å². The van der Waals surface area contributed by atoms with Crippen molar-refractivity contribution in [2.75, 3.05) is 13.7 Å². The topological polar surface area (TPSA) is 75.6 Å². The number of carboxylic acid groups (broad SMARTS) is 1. The summed E-state index contributed by atoms with van der Waals surface area (Å²) in [5, 5.41) is 11.8. The number of amides is 1. The maximum atomic E-state index is 11.5. The number of hydrogen-bond acceptors (Lipinski definition) is 3. The molecule has 0 bridgehead atoms. The number of ether oxygens (including phenoxy) is 1. The van der Waals surface area contributed by atoms with Gasteiger partial charge in [-0.05, 0) is 24.1 Å². The van der Waals surface area contributed by atoms with E-state index in [1.807, 2.05) is 0 Å². The van der Waals surface area contributed by atoms with Gasteiger partial charge in [0.2, 0.25) is 5.91 Å². The molecule has 0 fully saturated rings. The third-order valence-electron chi connectivity index (χ3n) is 2.87. The average molecular weight is 235 g/mol. The van der Waals surface area contributed by atoms with Crippen LogP contribution in [0.4, 0.5) is 0 Å². The summed E-state index contributed by atoms with van der Waals surface area (Å²) in [5.41, 5.74) is 1.55. The molecule has 1 aliphatic rings. The molecule has 0 radical (unpaired) electrons. The fraction of sp³-hybridized carbons (Fsp3) is 0.333. The van der Waals surface area contributed by atoms with Gasteiger partial charge in [0.1, 0.15) is 5.75 Å². The molecule has 1 aliphatic heterocycles. The molecular formula is C12H13NO4. The molecule has 5 heteroatoms. The van der Waals surface area contributed by atoms with Crippen LogP contribution in [0.15, 0.2) is 12.1 Å². The van der Waals surface area contributed by atoms with Crippen molar-refractivity contribution in [3.63, 3.8) is 0 Å². The zero-order valence-electron chi connectivity index (χ0n) is 9.45. The highest BCUT2D eigenvalue weighted by Gasteiger charge is 2.22. The maximum absolute atomic E-state index is 11.5. The van der Waals surface area contributed by atoms with Gasteiger partial charge in [0, 0.05) is 12.1 Å². The Morgan fingerprint density at radius 2 is 2.18 bits per heavy atom. The van der Waals surface area contributed by atoms with Crippen molar-refractivity contribution in [3.8, 4) is 5.75 Å². The Morgan fingerprint density at radius 3 is 2.82 bits per heavy atom. The molecular weight excluding hydrogens is 222 g/mol. The molecule has 0 aromatic heterocycles. The highest BCUT2D eigenvalue weighted by atomic mass is 16.5. The van der Waals surface area contributed by atoms with Crippen LogP contribution >= 0.6 is 0 Å². The van der Waals surface area contributed by atoms with Crippen LogP contribution in [0.25, 0.3) is 0 Å². The van der Waals surface area contributed by atoms with Gasteiger partial charge in [0.15, 0.2) is 0 Å². The second kappa shape index (κ2) is 4.45. The van der Waals surface area contributed by atoms with Crippen LogP contribution in [0.5, 0.6) is 5.75 Å². The first-order valence-electron chi connectivity index (χ1n) is 5.32. The standard InChI is InChI=1S/C12H13NO4/c1-17-10-3-2-8(12(15)16)9-6-11(14)13-5-4-7(9)10/h2-3H,4-6H2,1H3,(H,13,14)(H,15,16). The van der Waals surface area contributed by atoms with E-state index in [1.54, 1.807) is 6.07 Å². The average Bonchev–Trinajstić information content (AvgIpc) is 2.48. The fourth-order valence-electron chi connectivity index (χ4n) is 2.09. The van der Waals surface area contributed by atoms with Gasteiger partial charge in [0.05, 0.1) is 19.1 Å². The smallest absolute Gasteiger partial charge is 0.335 e. The highest BCUT2D eigenvalue weighted by molar-refractivity contribution is 5.93. The van der Waals surface area contributed by atoms with Gasteiger partial charge < -0.3 is 15.2 Å². The summed E-state index contributed by atoms with van der Waals surface area (Å²) < 4.78 is 5.21. The van der Waals surface area contributed by atoms with Crippen LogP contribution in [0.3, 0.4) is 0 Å². The molecule has 0 spiro atoms. The number of benzene rings is 1. The lowest BCUT2D eigenvalue weighted by Crippen LogP contribution is -2.24. The van der Waals surface area contributed by atoms with E-state index in [0.717, 1.165) is 5.56 Å². The van der Waals surface area contributed by atoms with E-state index in [4.69, 9.17) is 9.84 Å². The number of carboxylic acids is 1. The summed E-state index contributed by atoms with van der Waals surface area (Å²) in [5.74, 6) is -0.528. The van der Waals surface area contributed by atoms with Crippen LogP contribution in [-0.2, 0) is 17.6 Å². The van der Waals surface area contributed by atoms with Crippen LogP contribution in [-0.4, -0.2) is 30.6 Å². The minimum absolute atomic E-state index is 0.0914. The molecule has 2 rings (SSSR count). The lowest BCUT2D eigenvalue weighted by Gasteiger charge is -2.12. The molecule has 1 aromatic rings. The minimum atomic E-state index is -1.02. The quantitative estimate of drug-likeness (QED) is 0.787. The molecule has 17 heavy (non-hydrogen) atoms. The first-order valence-corrected chi connectivity index (χ1v) is 5.32. The zero-order valence-corrected chi connectivity index (χ0v) is 9.45. The Balaban J connectivity index is 2.60. The summed E-state index contributed by atoms with van der Waals surface area (Å²) in [4.78, 5) is 22.6. The number of aromatic carboxylic acids is 1. The number of fused-ring (bicyclic) bond motifs is 1. The lowest BCUT2D eigenvalue weighted by atomic mass is 9.96. The second-order valence-corrected chi connectivity index (χ2v) is 3.85. The summed E-state index contributed by atoms with van der Waals surface area (Å²) >= 11 is 0. The van der Waals surface area contributed by atoms with Gasteiger partial charge in [-0.3, -0.25) is 4.79 Å². The first-order chi connectivity index (χ1) is 8.13. The molecule has 0 saturated carbocycles. The number of methoxy groups -OCH3 is 1. The third kappa shape index (κ3) is 2.08. The van der Waals surface area contributed by atoms with Gasteiger partial charge in [0.25, 0.3) is 0 Å².